The van der Waals surface area contributed by atoms with Crippen LogP contribution in [0.15, 0.2) is 72.3 Å². The Kier molecular flexibility index (Phi) is 6.07. The molecule has 0 N–H and O–H groups in total. The summed E-state index contributed by atoms with van der Waals surface area (Å²) in [4.78, 5) is 9.58. The highest BCUT2D eigenvalue weighted by atomic mass is 15.4. The van der Waals surface area contributed by atoms with Crippen molar-refractivity contribution in [2.24, 2.45) is 0 Å². The summed E-state index contributed by atoms with van der Waals surface area (Å²) in [5.74, 6) is 0. The van der Waals surface area contributed by atoms with Crippen LogP contribution in [-0.2, 0) is 0 Å². The zero-order chi connectivity index (χ0) is 25.7. The molecule has 4 nitrogen and oxygen atoms in total. The van der Waals surface area contributed by atoms with Crippen LogP contribution >= 0.6 is 0 Å². The third-order valence-electron chi connectivity index (χ3n) is 7.65. The Balaban J connectivity index is 1.39. The first kappa shape index (κ1) is 24.1. The zero-order valence-electron chi connectivity index (χ0n) is 23.0. The Labute approximate surface area is 216 Å². The fraction of sp³-hybridized carbons (Fsp3) is 0.312. The molecule has 5 rings (SSSR count). The summed E-state index contributed by atoms with van der Waals surface area (Å²) in [5.41, 5.74) is 15.6. The van der Waals surface area contributed by atoms with E-state index in [2.05, 4.69) is 136 Å². The molecule has 0 aromatic heterocycles. The maximum Gasteiger partial charge on any atom is 0.0995 e. The van der Waals surface area contributed by atoms with Crippen LogP contribution in [-0.4, -0.2) is 13.3 Å². The molecule has 4 heteroatoms. The molecule has 0 aliphatic carbocycles. The van der Waals surface area contributed by atoms with Gasteiger partial charge in [0.15, 0.2) is 0 Å². The van der Waals surface area contributed by atoms with Gasteiger partial charge in [0.1, 0.15) is 0 Å². The topological polar surface area (TPSA) is 13.0 Å². The molecule has 186 valence electrons. The summed E-state index contributed by atoms with van der Waals surface area (Å²) in [5, 5.41) is 0. The second-order valence-corrected chi connectivity index (χ2v) is 10.6. The van der Waals surface area contributed by atoms with Crippen molar-refractivity contribution in [3.05, 3.63) is 106 Å². The molecule has 0 saturated heterocycles. The molecule has 0 spiro atoms. The van der Waals surface area contributed by atoms with Gasteiger partial charge in [-0.3, -0.25) is 0 Å². The first-order valence-electron chi connectivity index (χ1n) is 12.8. The normalized spacial score (nSPS) is 15.7. The SMILES string of the molecule is CC1=C(C)N(c2c(C)cc(C)cc2C)CN1c1cccc(N2C=CN(c3c(C)cc(C)cc3C)C2)c1. The monoisotopic (exact) mass is 478 g/mol. The van der Waals surface area contributed by atoms with Crippen molar-refractivity contribution in [3.8, 4) is 0 Å². The molecular formula is C32H38N4. The van der Waals surface area contributed by atoms with Crippen LogP contribution in [0.25, 0.3) is 0 Å². The first-order chi connectivity index (χ1) is 17.1. The van der Waals surface area contributed by atoms with E-state index in [0.29, 0.717) is 0 Å². The Morgan fingerprint density at radius 2 is 1.00 bits per heavy atom. The molecule has 0 saturated carbocycles. The molecule has 2 aliphatic heterocycles. The van der Waals surface area contributed by atoms with E-state index in [1.165, 1.54) is 67.5 Å². The van der Waals surface area contributed by atoms with Gasteiger partial charge in [-0.2, -0.15) is 0 Å². The van der Waals surface area contributed by atoms with Crippen LogP contribution in [0.1, 0.15) is 47.2 Å². The smallest absolute Gasteiger partial charge is 0.0995 e. The van der Waals surface area contributed by atoms with Gasteiger partial charge in [0.05, 0.1) is 13.3 Å². The predicted molar refractivity (Wildman–Crippen MR) is 155 cm³/mol. The number of nitrogens with zero attached hydrogens (tertiary/aromatic N) is 4. The number of anilines is 4. The maximum absolute atomic E-state index is 2.46. The Morgan fingerprint density at radius 3 is 1.61 bits per heavy atom. The third kappa shape index (κ3) is 4.15. The van der Waals surface area contributed by atoms with E-state index in [4.69, 9.17) is 0 Å². The number of rotatable bonds is 4. The van der Waals surface area contributed by atoms with Gasteiger partial charge < -0.3 is 19.6 Å². The van der Waals surface area contributed by atoms with Crippen LogP contribution in [0, 0.1) is 41.5 Å². The highest BCUT2D eigenvalue weighted by Crippen LogP contribution is 2.38. The van der Waals surface area contributed by atoms with E-state index >= 15 is 0 Å². The highest BCUT2D eigenvalue weighted by molar-refractivity contribution is 5.72. The minimum absolute atomic E-state index is 0.815. The van der Waals surface area contributed by atoms with Crippen molar-refractivity contribution in [3.63, 3.8) is 0 Å². The number of allylic oxidation sites excluding steroid dienone is 2. The zero-order valence-corrected chi connectivity index (χ0v) is 23.0. The van der Waals surface area contributed by atoms with Crippen LogP contribution in [0.3, 0.4) is 0 Å². The summed E-state index contributed by atoms with van der Waals surface area (Å²) >= 11 is 0. The van der Waals surface area contributed by atoms with Gasteiger partial charge in [0.25, 0.3) is 0 Å². The molecule has 0 fully saturated rings. The quantitative estimate of drug-likeness (QED) is 0.379. The molecule has 0 atom stereocenters. The second-order valence-electron chi connectivity index (χ2n) is 10.6. The van der Waals surface area contributed by atoms with E-state index in [9.17, 15) is 0 Å². The number of hydrogen-bond acceptors (Lipinski definition) is 4. The van der Waals surface area contributed by atoms with Crippen molar-refractivity contribution in [1.29, 1.82) is 0 Å². The van der Waals surface area contributed by atoms with E-state index in [-0.39, 0.29) is 0 Å². The van der Waals surface area contributed by atoms with Crippen molar-refractivity contribution in [1.82, 2.24) is 0 Å². The summed E-state index contributed by atoms with van der Waals surface area (Å²) in [6, 6.07) is 18.1. The van der Waals surface area contributed by atoms with E-state index in [1.54, 1.807) is 0 Å². The molecule has 0 amide bonds. The average Bonchev–Trinajstić information content (AvgIpc) is 3.39. The molecule has 0 bridgehead atoms. The molecule has 0 unspecified atom stereocenters. The predicted octanol–water partition coefficient (Wildman–Crippen LogP) is 7.83. The molecule has 3 aromatic rings. The van der Waals surface area contributed by atoms with Crippen molar-refractivity contribution < 1.29 is 0 Å². The van der Waals surface area contributed by atoms with Gasteiger partial charge in [0, 0.05) is 46.5 Å². The van der Waals surface area contributed by atoms with Crippen molar-refractivity contribution in [2.45, 2.75) is 55.4 Å². The fourth-order valence-electron chi connectivity index (χ4n) is 6.05. The third-order valence-corrected chi connectivity index (χ3v) is 7.65. The summed E-state index contributed by atoms with van der Waals surface area (Å²) in [7, 11) is 0. The second kappa shape index (κ2) is 9.09. The minimum Gasteiger partial charge on any atom is -0.328 e. The van der Waals surface area contributed by atoms with E-state index in [0.717, 1.165) is 13.3 Å². The lowest BCUT2D eigenvalue weighted by Gasteiger charge is -2.28. The number of benzene rings is 3. The van der Waals surface area contributed by atoms with Crippen LogP contribution in [0.2, 0.25) is 0 Å². The van der Waals surface area contributed by atoms with Crippen LogP contribution < -0.4 is 19.6 Å². The summed E-state index contributed by atoms with van der Waals surface area (Å²) < 4.78 is 0. The van der Waals surface area contributed by atoms with Crippen molar-refractivity contribution in [2.75, 3.05) is 32.9 Å². The Hall–Kier alpha value is -3.66. The molecule has 2 aliphatic rings. The van der Waals surface area contributed by atoms with Gasteiger partial charge in [-0.15, -0.1) is 0 Å². The van der Waals surface area contributed by atoms with Crippen LogP contribution in [0.4, 0.5) is 22.7 Å². The molecule has 2 heterocycles. The summed E-state index contributed by atoms with van der Waals surface area (Å²) in [6.45, 7) is 19.3. The molecule has 36 heavy (non-hydrogen) atoms. The number of aryl methyl sites for hydroxylation is 6. The van der Waals surface area contributed by atoms with Gasteiger partial charge in [0.2, 0.25) is 0 Å². The maximum atomic E-state index is 2.46. The Bertz CT molecular complexity index is 1350. The highest BCUT2D eigenvalue weighted by Gasteiger charge is 2.28. The molecular weight excluding hydrogens is 440 g/mol. The number of hydrogen-bond donors (Lipinski definition) is 0. The van der Waals surface area contributed by atoms with Crippen molar-refractivity contribution >= 4 is 22.7 Å². The standard InChI is InChI=1S/C32H38N4/c1-21-14-23(3)31(24(4)15-21)34-13-12-33(19-34)29-10-9-11-30(18-29)35-20-36(28(8)27(35)7)32-25(5)16-22(2)17-26(32)6/h9-18H,19-20H2,1-8H3. The molecule has 3 aromatic carbocycles. The summed E-state index contributed by atoms with van der Waals surface area (Å²) in [6.07, 6.45) is 4.40. The lowest BCUT2D eigenvalue weighted by Crippen LogP contribution is -2.28. The van der Waals surface area contributed by atoms with Gasteiger partial charge in [-0.25, -0.2) is 0 Å². The fourth-order valence-corrected chi connectivity index (χ4v) is 6.05. The largest absolute Gasteiger partial charge is 0.328 e. The average molecular weight is 479 g/mol. The van der Waals surface area contributed by atoms with Gasteiger partial charge in [-0.05, 0) is 95.8 Å². The Morgan fingerprint density at radius 1 is 0.500 bits per heavy atom. The van der Waals surface area contributed by atoms with Gasteiger partial charge >= 0.3 is 0 Å². The van der Waals surface area contributed by atoms with E-state index in [1.807, 2.05) is 0 Å². The lowest BCUT2D eigenvalue weighted by molar-refractivity contribution is 0.925. The lowest BCUT2D eigenvalue weighted by atomic mass is 10.0. The van der Waals surface area contributed by atoms with Gasteiger partial charge in [-0.1, -0.05) is 41.5 Å². The minimum atomic E-state index is 0.815. The van der Waals surface area contributed by atoms with E-state index < -0.39 is 0 Å². The van der Waals surface area contributed by atoms with Crippen LogP contribution in [0.5, 0.6) is 0 Å². The molecule has 0 radical (unpaired) electrons. The first-order valence-corrected chi connectivity index (χ1v) is 12.8.